The van der Waals surface area contributed by atoms with E-state index in [2.05, 4.69) is 121 Å². The van der Waals surface area contributed by atoms with Gasteiger partial charge in [-0.3, -0.25) is 19.0 Å². The Kier molecular flexibility index (Phi) is 10.3. The molecule has 0 radical (unpaired) electrons. The minimum Gasteiger partial charge on any atom is -0.462 e. The molecule has 2 fully saturated rings. The van der Waals surface area contributed by atoms with Gasteiger partial charge in [0.2, 0.25) is 0 Å². The lowest BCUT2D eigenvalue weighted by molar-refractivity contribution is -0.161. The van der Waals surface area contributed by atoms with Crippen molar-refractivity contribution in [3.05, 3.63) is 202 Å². The van der Waals surface area contributed by atoms with Crippen molar-refractivity contribution in [3.8, 4) is 22.5 Å². The van der Waals surface area contributed by atoms with E-state index in [1.807, 2.05) is 60.3 Å². The molecule has 6 aromatic carbocycles. The van der Waals surface area contributed by atoms with Crippen molar-refractivity contribution in [2.24, 2.45) is 5.92 Å². The first-order valence-corrected chi connectivity index (χ1v) is 21.2. The number of rotatable bonds is 12. The van der Waals surface area contributed by atoms with Crippen LogP contribution in [0.2, 0.25) is 0 Å². The molecule has 0 bridgehead atoms. The van der Waals surface area contributed by atoms with E-state index in [9.17, 15) is 9.59 Å². The zero-order valence-electron chi connectivity index (χ0n) is 34.5. The summed E-state index contributed by atoms with van der Waals surface area (Å²) in [4.78, 5) is 38.2. The van der Waals surface area contributed by atoms with Crippen molar-refractivity contribution in [1.82, 2.24) is 34.8 Å². The second-order valence-corrected chi connectivity index (χ2v) is 16.1. The highest BCUT2D eigenvalue weighted by Gasteiger charge is 2.52. The van der Waals surface area contributed by atoms with Crippen LogP contribution < -0.4 is 5.56 Å². The van der Waals surface area contributed by atoms with Crippen LogP contribution in [0.5, 0.6) is 0 Å². The van der Waals surface area contributed by atoms with Crippen LogP contribution >= 0.6 is 0 Å². The van der Waals surface area contributed by atoms with Gasteiger partial charge in [-0.25, -0.2) is 9.67 Å². The largest absolute Gasteiger partial charge is 0.462 e. The first-order valence-electron chi connectivity index (χ1n) is 21.2. The van der Waals surface area contributed by atoms with Crippen molar-refractivity contribution < 1.29 is 14.4 Å². The number of aryl methyl sites for hydroxylation is 1. The van der Waals surface area contributed by atoms with Crippen LogP contribution in [0.1, 0.15) is 59.4 Å². The highest BCUT2D eigenvalue weighted by molar-refractivity contribution is 5.82. The number of hydrogen-bond donors (Lipinski definition) is 0. The van der Waals surface area contributed by atoms with Crippen LogP contribution in [-0.4, -0.2) is 60.5 Å². The summed E-state index contributed by atoms with van der Waals surface area (Å²) in [7, 11) is 1.82. The molecule has 0 aliphatic carbocycles. The fourth-order valence-electron chi connectivity index (χ4n) is 9.41. The zero-order valence-corrected chi connectivity index (χ0v) is 34.5. The molecule has 0 saturated carbocycles. The SMILES string of the molecule is CCCCc1nc2ccc([C@@H]3[C@H]4C(=O)OC[C@H]4ON3C)cc2c(=O)n1Cc1ccc(-c2ccccc2-c2nnnn2C(c2ccccc2)(c2ccccc2)c2ccccc2)cc1. The van der Waals surface area contributed by atoms with Crippen molar-refractivity contribution >= 4 is 16.9 Å². The summed E-state index contributed by atoms with van der Waals surface area (Å²) in [6, 6.07) is 53.0. The van der Waals surface area contributed by atoms with Crippen molar-refractivity contribution in [3.63, 3.8) is 0 Å². The molecule has 0 amide bonds. The summed E-state index contributed by atoms with van der Waals surface area (Å²) in [6.07, 6.45) is 2.21. The predicted molar refractivity (Wildman–Crippen MR) is 237 cm³/mol. The second kappa shape index (κ2) is 16.4. The Hall–Kier alpha value is -7.08. The van der Waals surface area contributed by atoms with Crippen LogP contribution in [0.4, 0.5) is 0 Å². The smallest absolute Gasteiger partial charge is 0.313 e. The Labute approximate surface area is 359 Å². The van der Waals surface area contributed by atoms with E-state index in [-0.39, 0.29) is 30.3 Å². The summed E-state index contributed by atoms with van der Waals surface area (Å²) in [5, 5.41) is 16.1. The van der Waals surface area contributed by atoms with E-state index in [1.54, 1.807) is 9.63 Å². The summed E-state index contributed by atoms with van der Waals surface area (Å²) in [5.41, 5.74) is 7.29. The molecule has 308 valence electrons. The number of hydroxylamine groups is 2. The molecular weight excluding hydrogens is 775 g/mol. The Morgan fingerprint density at radius 2 is 1.37 bits per heavy atom. The van der Waals surface area contributed by atoms with Crippen LogP contribution in [0, 0.1) is 5.92 Å². The molecule has 11 nitrogen and oxygen atoms in total. The van der Waals surface area contributed by atoms with Crippen LogP contribution in [0.25, 0.3) is 33.4 Å². The summed E-state index contributed by atoms with van der Waals surface area (Å²) in [5.74, 6) is 0.634. The van der Waals surface area contributed by atoms with Gasteiger partial charge in [0.25, 0.3) is 5.56 Å². The van der Waals surface area contributed by atoms with Gasteiger partial charge < -0.3 is 4.74 Å². The minimum absolute atomic E-state index is 0.116. The highest BCUT2D eigenvalue weighted by atomic mass is 16.7. The van der Waals surface area contributed by atoms with Crippen molar-refractivity contribution in [1.29, 1.82) is 0 Å². The second-order valence-electron chi connectivity index (χ2n) is 16.1. The Balaban J connectivity index is 1.03. The maximum atomic E-state index is 14.5. The minimum atomic E-state index is -0.900. The average molecular weight is 820 g/mol. The molecule has 62 heavy (non-hydrogen) atoms. The molecule has 2 aromatic heterocycles. The normalized spacial score (nSPS) is 17.6. The molecule has 2 aliphatic heterocycles. The summed E-state index contributed by atoms with van der Waals surface area (Å²) in [6.45, 7) is 2.72. The fourth-order valence-corrected chi connectivity index (χ4v) is 9.41. The Bertz CT molecular complexity index is 2840. The standard InChI is InChI=1S/C51H45N7O4/c1-3-4-24-45-52-43-30-29-36(47-46-44(62-56(47)2)33-61-50(46)60)31-42(43)49(59)57(45)32-34-25-27-35(28-26-34)40-22-14-15-23-41(40)48-53-54-55-58(48)51(37-16-8-5-9-17-37,38-18-10-6-11-19-38)39-20-12-7-13-21-39/h5-23,25-31,44,46-47H,3-4,24,32-33H2,1-2H3/t44-,46+,47-/m1/s1. The molecule has 0 unspecified atom stereocenters. The number of carbonyl (C=O) groups excluding carboxylic acids is 1. The maximum Gasteiger partial charge on any atom is 0.313 e. The number of tetrazole rings is 1. The third-order valence-electron chi connectivity index (χ3n) is 12.4. The molecule has 10 rings (SSSR count). The lowest BCUT2D eigenvalue weighted by Gasteiger charge is -2.36. The predicted octanol–water partition coefficient (Wildman–Crippen LogP) is 8.41. The van der Waals surface area contributed by atoms with Gasteiger partial charge in [-0.1, -0.05) is 159 Å². The summed E-state index contributed by atoms with van der Waals surface area (Å²) < 4.78 is 9.08. The first kappa shape index (κ1) is 39.1. The molecule has 0 N–H and O–H groups in total. The van der Waals surface area contributed by atoms with Gasteiger partial charge in [-0.15, -0.1) is 5.10 Å². The monoisotopic (exact) mass is 819 g/mol. The van der Waals surface area contributed by atoms with Crippen LogP contribution in [-0.2, 0) is 32.9 Å². The summed E-state index contributed by atoms with van der Waals surface area (Å²) >= 11 is 0. The topological polar surface area (TPSA) is 117 Å². The van der Waals surface area contributed by atoms with E-state index in [4.69, 9.17) is 24.9 Å². The third-order valence-corrected chi connectivity index (χ3v) is 12.4. The van der Waals surface area contributed by atoms with Gasteiger partial charge in [0.05, 0.1) is 23.5 Å². The van der Waals surface area contributed by atoms with E-state index in [0.29, 0.717) is 29.7 Å². The number of fused-ring (bicyclic) bond motifs is 2. The van der Waals surface area contributed by atoms with E-state index in [0.717, 1.165) is 63.2 Å². The van der Waals surface area contributed by atoms with Crippen molar-refractivity contribution in [2.75, 3.05) is 13.7 Å². The molecule has 2 aliphatic rings. The van der Waals surface area contributed by atoms with E-state index in [1.165, 1.54) is 0 Å². The number of benzene rings is 6. The Morgan fingerprint density at radius 3 is 2.02 bits per heavy atom. The molecule has 3 atom stereocenters. The lowest BCUT2D eigenvalue weighted by Crippen LogP contribution is -2.39. The molecule has 8 aromatic rings. The van der Waals surface area contributed by atoms with Gasteiger partial charge >= 0.3 is 5.97 Å². The van der Waals surface area contributed by atoms with Crippen molar-refractivity contribution in [2.45, 2.75) is 50.4 Å². The number of unbranched alkanes of at least 4 members (excludes halogenated alkanes) is 1. The highest BCUT2D eigenvalue weighted by Crippen LogP contribution is 2.44. The number of hydrogen-bond acceptors (Lipinski definition) is 9. The Morgan fingerprint density at radius 1 is 0.742 bits per heavy atom. The van der Waals surface area contributed by atoms with Gasteiger partial charge in [0.15, 0.2) is 5.82 Å². The molecular formula is C51H45N7O4. The number of esters is 1. The number of aromatic nitrogens is 6. The van der Waals surface area contributed by atoms with Crippen LogP contribution in [0.15, 0.2) is 163 Å². The lowest BCUT2D eigenvalue weighted by atomic mass is 9.77. The quantitative estimate of drug-likeness (QED) is 0.0885. The number of ether oxygens (including phenoxy) is 1. The van der Waals surface area contributed by atoms with Crippen LogP contribution in [0.3, 0.4) is 0 Å². The van der Waals surface area contributed by atoms with E-state index >= 15 is 0 Å². The fraction of sp³-hybridized carbons (Fsp3) is 0.216. The molecule has 2 saturated heterocycles. The van der Waals surface area contributed by atoms with Gasteiger partial charge in [-0.05, 0) is 67.9 Å². The average Bonchev–Trinajstić information content (AvgIpc) is 4.04. The molecule has 0 spiro atoms. The van der Waals surface area contributed by atoms with Gasteiger partial charge in [-0.2, -0.15) is 5.06 Å². The molecule has 4 heterocycles. The third kappa shape index (κ3) is 6.70. The number of nitrogens with zero attached hydrogens (tertiary/aromatic N) is 7. The first-order chi connectivity index (χ1) is 30.4. The van der Waals surface area contributed by atoms with Gasteiger partial charge in [0.1, 0.15) is 30.0 Å². The zero-order chi connectivity index (χ0) is 42.2. The maximum absolute atomic E-state index is 14.5. The molecule has 11 heteroatoms. The number of cyclic esters (lactones) is 1. The van der Waals surface area contributed by atoms with E-state index < -0.39 is 11.5 Å². The number of carbonyl (C=O) groups is 1. The van der Waals surface area contributed by atoms with Gasteiger partial charge in [0, 0.05) is 19.0 Å².